The number of hydrogen-bond donors (Lipinski definition) is 1. The summed E-state index contributed by atoms with van der Waals surface area (Å²) in [6.45, 7) is 4.16. The second-order valence-electron chi connectivity index (χ2n) is 4.25. The lowest BCUT2D eigenvalue weighted by molar-refractivity contribution is 0.310. The normalized spacial score (nSPS) is 16.9. The molecular formula is C11H14N4. The molecule has 0 atom stereocenters. The van der Waals surface area contributed by atoms with Crippen molar-refractivity contribution >= 4 is 11.0 Å². The van der Waals surface area contributed by atoms with Gasteiger partial charge in [-0.2, -0.15) is 0 Å². The van der Waals surface area contributed by atoms with E-state index in [-0.39, 0.29) is 0 Å². The Balaban J connectivity index is 2.29. The number of H-pyrrole nitrogens is 1. The zero-order chi connectivity index (χ0) is 10.4. The van der Waals surface area contributed by atoms with Gasteiger partial charge in [-0.1, -0.05) is 0 Å². The molecule has 78 valence electrons. The predicted molar refractivity (Wildman–Crippen MR) is 58.7 cm³/mol. The van der Waals surface area contributed by atoms with Gasteiger partial charge in [-0.15, -0.1) is 0 Å². The molecule has 0 radical (unpaired) electrons. The molecule has 4 heteroatoms. The number of nitrogens with one attached hydrogen (secondary N) is 1. The minimum atomic E-state index is 0.989. The van der Waals surface area contributed by atoms with Gasteiger partial charge in [0.15, 0.2) is 0 Å². The first kappa shape index (κ1) is 8.85. The van der Waals surface area contributed by atoms with Crippen molar-refractivity contribution in [1.82, 2.24) is 19.9 Å². The molecule has 3 heterocycles. The van der Waals surface area contributed by atoms with Gasteiger partial charge in [-0.3, -0.25) is 0 Å². The largest absolute Gasteiger partial charge is 0.342 e. The Kier molecular flexibility index (Phi) is 1.79. The van der Waals surface area contributed by atoms with Gasteiger partial charge in [-0.25, -0.2) is 9.97 Å². The van der Waals surface area contributed by atoms with E-state index in [2.05, 4.69) is 33.8 Å². The lowest BCUT2D eigenvalue weighted by atomic mass is 10.0. The number of aromatic amines is 1. The summed E-state index contributed by atoms with van der Waals surface area (Å²) in [4.78, 5) is 14.3. The fraction of sp³-hybridized carbons (Fsp3) is 0.455. The molecule has 0 unspecified atom stereocenters. The van der Waals surface area contributed by atoms with Crippen LogP contribution in [0.3, 0.4) is 0 Å². The maximum atomic E-state index is 4.29. The molecule has 3 rings (SSSR count). The highest BCUT2D eigenvalue weighted by atomic mass is 15.1. The van der Waals surface area contributed by atoms with Crippen molar-refractivity contribution in [1.29, 1.82) is 0 Å². The number of aryl methyl sites for hydroxylation is 1. The fourth-order valence-corrected chi connectivity index (χ4v) is 2.36. The number of hydrogen-bond acceptors (Lipinski definition) is 3. The van der Waals surface area contributed by atoms with Crippen LogP contribution >= 0.6 is 0 Å². The highest BCUT2D eigenvalue weighted by Gasteiger charge is 2.19. The molecular weight excluding hydrogens is 188 g/mol. The monoisotopic (exact) mass is 202 g/mol. The van der Waals surface area contributed by atoms with Crippen molar-refractivity contribution in [3.05, 3.63) is 23.3 Å². The Labute approximate surface area is 88.3 Å². The topological polar surface area (TPSA) is 44.8 Å². The Morgan fingerprint density at radius 2 is 2.27 bits per heavy atom. The van der Waals surface area contributed by atoms with Crippen LogP contribution in [0.5, 0.6) is 0 Å². The molecule has 1 N–H and O–H groups in total. The maximum Gasteiger partial charge on any atom is 0.141 e. The van der Waals surface area contributed by atoms with Gasteiger partial charge >= 0.3 is 0 Å². The average molecular weight is 202 g/mol. The number of likely N-dealkylation sites (N-methyl/N-ethyl adjacent to an activating group) is 1. The third kappa shape index (κ3) is 1.25. The summed E-state index contributed by atoms with van der Waals surface area (Å²) in [7, 11) is 2.15. The van der Waals surface area contributed by atoms with E-state index >= 15 is 0 Å². The number of rotatable bonds is 0. The summed E-state index contributed by atoms with van der Waals surface area (Å²) in [6, 6.07) is 0. The fourth-order valence-electron chi connectivity index (χ4n) is 2.36. The second kappa shape index (κ2) is 3.03. The van der Waals surface area contributed by atoms with Crippen LogP contribution in [-0.4, -0.2) is 33.4 Å². The van der Waals surface area contributed by atoms with Crippen LogP contribution in [0.1, 0.15) is 17.0 Å². The Hall–Kier alpha value is -1.42. The van der Waals surface area contributed by atoms with Gasteiger partial charge in [0.25, 0.3) is 0 Å². The van der Waals surface area contributed by atoms with Crippen LogP contribution < -0.4 is 0 Å². The zero-order valence-electron chi connectivity index (χ0n) is 9.04. The quantitative estimate of drug-likeness (QED) is 0.699. The summed E-state index contributed by atoms with van der Waals surface area (Å²) >= 11 is 0. The van der Waals surface area contributed by atoms with Crippen molar-refractivity contribution < 1.29 is 0 Å². The average Bonchev–Trinajstić information content (AvgIpc) is 2.56. The van der Waals surface area contributed by atoms with Gasteiger partial charge in [0.1, 0.15) is 12.0 Å². The molecule has 0 fully saturated rings. The standard InChI is InChI=1S/C11H14N4/c1-7-10-8-3-4-15(2)5-9(8)14-11(10)13-6-12-7/h6H,3-5H2,1-2H3,(H,12,13,14). The van der Waals surface area contributed by atoms with Gasteiger partial charge in [0, 0.05) is 24.2 Å². The molecule has 0 aromatic carbocycles. The maximum absolute atomic E-state index is 4.29. The van der Waals surface area contributed by atoms with Gasteiger partial charge in [0.05, 0.1) is 5.69 Å². The van der Waals surface area contributed by atoms with Gasteiger partial charge in [0.2, 0.25) is 0 Å². The van der Waals surface area contributed by atoms with Crippen LogP contribution in [0.2, 0.25) is 0 Å². The van der Waals surface area contributed by atoms with Gasteiger partial charge in [-0.05, 0) is 26.0 Å². The van der Waals surface area contributed by atoms with E-state index < -0.39 is 0 Å². The lowest BCUT2D eigenvalue weighted by Crippen LogP contribution is -2.26. The molecule has 15 heavy (non-hydrogen) atoms. The third-order valence-electron chi connectivity index (χ3n) is 3.14. The summed E-state index contributed by atoms with van der Waals surface area (Å²) in [5, 5.41) is 1.24. The van der Waals surface area contributed by atoms with E-state index in [0.717, 1.165) is 30.9 Å². The SMILES string of the molecule is Cc1ncnc2[nH]c3c(c12)CCN(C)C3. The van der Waals surface area contributed by atoms with E-state index in [1.165, 1.54) is 16.6 Å². The van der Waals surface area contributed by atoms with E-state index in [1.807, 2.05) is 0 Å². The molecule has 2 aromatic heterocycles. The molecule has 1 aliphatic heterocycles. The molecule has 0 amide bonds. The predicted octanol–water partition coefficient (Wildman–Crippen LogP) is 1.25. The Bertz CT molecular complexity index is 515. The summed E-state index contributed by atoms with van der Waals surface area (Å²) in [6.07, 6.45) is 2.73. The Morgan fingerprint density at radius 1 is 1.40 bits per heavy atom. The van der Waals surface area contributed by atoms with E-state index in [9.17, 15) is 0 Å². The molecule has 0 spiro atoms. The number of aromatic nitrogens is 3. The van der Waals surface area contributed by atoms with Crippen LogP contribution in [0, 0.1) is 6.92 Å². The number of nitrogens with zero attached hydrogens (tertiary/aromatic N) is 3. The third-order valence-corrected chi connectivity index (χ3v) is 3.14. The summed E-state index contributed by atoms with van der Waals surface area (Å²) < 4.78 is 0. The van der Waals surface area contributed by atoms with E-state index in [0.29, 0.717) is 0 Å². The Morgan fingerprint density at radius 3 is 3.13 bits per heavy atom. The first-order valence-electron chi connectivity index (χ1n) is 5.25. The minimum Gasteiger partial charge on any atom is -0.342 e. The first-order valence-corrected chi connectivity index (χ1v) is 5.25. The first-order chi connectivity index (χ1) is 7.25. The highest BCUT2D eigenvalue weighted by molar-refractivity contribution is 5.83. The highest BCUT2D eigenvalue weighted by Crippen LogP contribution is 2.27. The van der Waals surface area contributed by atoms with Crippen molar-refractivity contribution in [2.75, 3.05) is 13.6 Å². The van der Waals surface area contributed by atoms with Crippen molar-refractivity contribution in [2.24, 2.45) is 0 Å². The van der Waals surface area contributed by atoms with Crippen LogP contribution in [0.15, 0.2) is 6.33 Å². The molecule has 0 saturated heterocycles. The molecule has 0 bridgehead atoms. The van der Waals surface area contributed by atoms with Crippen LogP contribution in [0.4, 0.5) is 0 Å². The van der Waals surface area contributed by atoms with Crippen molar-refractivity contribution in [2.45, 2.75) is 19.9 Å². The van der Waals surface area contributed by atoms with Crippen molar-refractivity contribution in [3.63, 3.8) is 0 Å². The smallest absolute Gasteiger partial charge is 0.141 e. The van der Waals surface area contributed by atoms with E-state index in [1.54, 1.807) is 6.33 Å². The molecule has 1 aliphatic rings. The molecule has 4 nitrogen and oxygen atoms in total. The summed E-state index contributed by atoms with van der Waals surface area (Å²) in [5.74, 6) is 0. The molecule has 2 aromatic rings. The zero-order valence-corrected chi connectivity index (χ0v) is 9.04. The lowest BCUT2D eigenvalue weighted by Gasteiger charge is -2.22. The van der Waals surface area contributed by atoms with Crippen molar-refractivity contribution in [3.8, 4) is 0 Å². The summed E-state index contributed by atoms with van der Waals surface area (Å²) in [5.41, 5.74) is 4.80. The van der Waals surface area contributed by atoms with Crippen LogP contribution in [0.25, 0.3) is 11.0 Å². The van der Waals surface area contributed by atoms with Gasteiger partial charge < -0.3 is 9.88 Å². The second-order valence-corrected chi connectivity index (χ2v) is 4.25. The minimum absolute atomic E-state index is 0.989. The molecule has 0 aliphatic carbocycles. The number of fused-ring (bicyclic) bond motifs is 3. The van der Waals surface area contributed by atoms with E-state index in [4.69, 9.17) is 0 Å². The molecule has 0 saturated carbocycles. The van der Waals surface area contributed by atoms with Crippen LogP contribution in [-0.2, 0) is 13.0 Å².